The van der Waals surface area contributed by atoms with E-state index in [2.05, 4.69) is 0 Å². The molecule has 5 N–H and O–H groups in total. The van der Waals surface area contributed by atoms with E-state index < -0.39 is 54.7 Å². The fraction of sp³-hybridized carbons (Fsp3) is 0.500. The number of ether oxygens (including phenoxy) is 3. The van der Waals surface area contributed by atoms with Crippen molar-refractivity contribution < 1.29 is 49.3 Å². The highest BCUT2D eigenvalue weighted by atomic mass is 16.7. The topological polar surface area (TPSA) is 163 Å². The van der Waals surface area contributed by atoms with E-state index in [4.69, 9.17) is 14.2 Å². The molecule has 0 saturated carbocycles. The van der Waals surface area contributed by atoms with Crippen molar-refractivity contribution >= 4 is 11.8 Å². The summed E-state index contributed by atoms with van der Waals surface area (Å²) in [5.41, 5.74) is -2.00. The van der Waals surface area contributed by atoms with Crippen LogP contribution >= 0.6 is 0 Å². The standard InChI is InChI=1S/C20H24O10/c21-9-13-15(23)16(24)17(25)18(30-13)29-12-6-2-1-5-11(12)10-28-19(26)20(27)8-4-3-7-14(20)22/h1-2,4-6,8,13,15-18,21,23-25,27H,3,7,9-10H2/t13-,15-,16+,17-,18-,20?/m0/s1. The van der Waals surface area contributed by atoms with Crippen LogP contribution in [0.15, 0.2) is 36.4 Å². The number of esters is 1. The van der Waals surface area contributed by atoms with E-state index in [-0.39, 0.29) is 18.8 Å². The average Bonchev–Trinajstić information content (AvgIpc) is 2.75. The van der Waals surface area contributed by atoms with E-state index >= 15 is 0 Å². The molecule has 10 heteroatoms. The van der Waals surface area contributed by atoms with Gasteiger partial charge in [-0.25, -0.2) is 4.79 Å². The van der Waals surface area contributed by atoms with Crippen molar-refractivity contribution in [3.05, 3.63) is 42.0 Å². The van der Waals surface area contributed by atoms with Gasteiger partial charge < -0.3 is 39.7 Å². The Morgan fingerprint density at radius 3 is 2.60 bits per heavy atom. The maximum atomic E-state index is 12.3. The van der Waals surface area contributed by atoms with Crippen molar-refractivity contribution in [3.8, 4) is 5.75 Å². The zero-order chi connectivity index (χ0) is 21.9. The molecule has 1 heterocycles. The number of carbonyl (C=O) groups excluding carboxylic acids is 2. The van der Waals surface area contributed by atoms with E-state index in [1.165, 1.54) is 12.1 Å². The predicted octanol–water partition coefficient (Wildman–Crippen LogP) is -1.44. The van der Waals surface area contributed by atoms with Gasteiger partial charge in [-0.1, -0.05) is 24.3 Å². The molecule has 1 aromatic rings. The summed E-state index contributed by atoms with van der Waals surface area (Å²) in [6.07, 6.45) is -4.20. The number of hydrogen-bond donors (Lipinski definition) is 5. The molecule has 6 atom stereocenters. The molecule has 1 unspecified atom stereocenters. The van der Waals surface area contributed by atoms with Crippen LogP contribution in [0.5, 0.6) is 5.75 Å². The zero-order valence-corrected chi connectivity index (χ0v) is 16.0. The Labute approximate surface area is 171 Å². The molecule has 10 nitrogen and oxygen atoms in total. The first-order chi connectivity index (χ1) is 14.3. The van der Waals surface area contributed by atoms with Gasteiger partial charge in [0.2, 0.25) is 11.9 Å². The summed E-state index contributed by atoms with van der Waals surface area (Å²) in [7, 11) is 0. The van der Waals surface area contributed by atoms with Gasteiger partial charge in [0.25, 0.3) is 0 Å². The van der Waals surface area contributed by atoms with Crippen molar-refractivity contribution in [2.24, 2.45) is 0 Å². The van der Waals surface area contributed by atoms with Crippen LogP contribution < -0.4 is 4.74 Å². The van der Waals surface area contributed by atoms with Crippen molar-refractivity contribution in [1.29, 1.82) is 0 Å². The zero-order valence-electron chi connectivity index (χ0n) is 16.0. The molecule has 1 aromatic carbocycles. The highest BCUT2D eigenvalue weighted by molar-refractivity contribution is 6.09. The minimum absolute atomic E-state index is 0.0267. The number of rotatable bonds is 6. The van der Waals surface area contributed by atoms with E-state index in [9.17, 15) is 35.1 Å². The smallest absolute Gasteiger partial charge is 0.350 e. The van der Waals surface area contributed by atoms with E-state index in [0.29, 0.717) is 12.0 Å². The SMILES string of the molecule is O=C1CCC=CC1(O)C(=O)OCc1ccccc1O[C@H]1O[C@@H](CO)[C@H](O)[C@@H](O)[C@@H]1O. The Morgan fingerprint density at radius 1 is 1.17 bits per heavy atom. The molecule has 1 fully saturated rings. The molecule has 30 heavy (non-hydrogen) atoms. The van der Waals surface area contributed by atoms with Crippen LogP contribution in [0.1, 0.15) is 18.4 Å². The highest BCUT2D eigenvalue weighted by Crippen LogP contribution is 2.28. The maximum Gasteiger partial charge on any atom is 0.350 e. The lowest BCUT2D eigenvalue weighted by Crippen LogP contribution is -2.60. The van der Waals surface area contributed by atoms with Crippen LogP contribution in [0.25, 0.3) is 0 Å². The molecular formula is C20H24O10. The van der Waals surface area contributed by atoms with Gasteiger partial charge in [-0.2, -0.15) is 0 Å². The molecule has 2 aliphatic rings. The first-order valence-electron chi connectivity index (χ1n) is 9.43. The summed E-state index contributed by atoms with van der Waals surface area (Å²) in [6.45, 7) is -0.958. The number of aliphatic hydroxyl groups is 5. The summed E-state index contributed by atoms with van der Waals surface area (Å²) >= 11 is 0. The number of Topliss-reactive ketones (excluding diaryl/α,β-unsaturated/α-hetero) is 1. The first-order valence-corrected chi connectivity index (χ1v) is 9.43. The number of benzene rings is 1. The molecule has 0 amide bonds. The fourth-order valence-corrected chi connectivity index (χ4v) is 3.21. The number of para-hydroxylation sites is 1. The number of aliphatic hydroxyl groups excluding tert-OH is 4. The maximum absolute atomic E-state index is 12.3. The Morgan fingerprint density at radius 2 is 1.90 bits per heavy atom. The number of allylic oxidation sites excluding steroid dienone is 1. The van der Waals surface area contributed by atoms with Crippen LogP contribution in [-0.2, 0) is 25.7 Å². The summed E-state index contributed by atoms with van der Waals surface area (Å²) in [5, 5.41) is 49.4. The lowest BCUT2D eigenvalue weighted by atomic mass is 9.90. The Kier molecular flexibility index (Phi) is 6.86. The third-order valence-corrected chi connectivity index (χ3v) is 5.06. The second-order valence-corrected chi connectivity index (χ2v) is 7.13. The van der Waals surface area contributed by atoms with Gasteiger partial charge in [0.05, 0.1) is 6.61 Å². The molecule has 0 radical (unpaired) electrons. The lowest BCUT2D eigenvalue weighted by molar-refractivity contribution is -0.277. The fourth-order valence-electron chi connectivity index (χ4n) is 3.21. The number of carbonyl (C=O) groups is 2. The molecule has 0 bridgehead atoms. The van der Waals surface area contributed by atoms with Crippen LogP contribution in [0.2, 0.25) is 0 Å². The monoisotopic (exact) mass is 424 g/mol. The first kappa shape index (κ1) is 22.3. The van der Waals surface area contributed by atoms with Gasteiger partial charge in [0.1, 0.15) is 36.8 Å². The van der Waals surface area contributed by atoms with Gasteiger partial charge in [-0.15, -0.1) is 0 Å². The van der Waals surface area contributed by atoms with Crippen molar-refractivity contribution in [2.45, 2.75) is 55.8 Å². The number of ketones is 1. The van der Waals surface area contributed by atoms with Gasteiger partial charge in [-0.3, -0.25) is 4.79 Å². The quantitative estimate of drug-likeness (QED) is 0.208. The third kappa shape index (κ3) is 4.38. The summed E-state index contributed by atoms with van der Waals surface area (Å²) in [4.78, 5) is 24.2. The Balaban J connectivity index is 1.70. The molecule has 3 rings (SSSR count). The second-order valence-electron chi connectivity index (χ2n) is 7.13. The largest absolute Gasteiger partial charge is 0.462 e. The van der Waals surface area contributed by atoms with E-state index in [1.807, 2.05) is 0 Å². The molecule has 164 valence electrons. The van der Waals surface area contributed by atoms with Gasteiger partial charge in [0.15, 0.2) is 5.78 Å². The minimum Gasteiger partial charge on any atom is -0.462 e. The summed E-state index contributed by atoms with van der Waals surface area (Å²) < 4.78 is 16.0. The molecule has 0 aromatic heterocycles. The highest BCUT2D eigenvalue weighted by Gasteiger charge is 2.45. The average molecular weight is 424 g/mol. The number of hydrogen-bond acceptors (Lipinski definition) is 10. The van der Waals surface area contributed by atoms with Crippen LogP contribution in [-0.4, -0.2) is 80.2 Å². The molecule has 1 aliphatic heterocycles. The predicted molar refractivity (Wildman–Crippen MR) is 99.0 cm³/mol. The molecular weight excluding hydrogens is 400 g/mol. The van der Waals surface area contributed by atoms with Crippen LogP contribution in [0.3, 0.4) is 0 Å². The van der Waals surface area contributed by atoms with Gasteiger partial charge in [0, 0.05) is 12.0 Å². The van der Waals surface area contributed by atoms with E-state index in [1.54, 1.807) is 18.2 Å². The molecule has 0 spiro atoms. The Hall–Kier alpha value is -2.34. The molecule has 1 aliphatic carbocycles. The minimum atomic E-state index is -2.33. The third-order valence-electron chi connectivity index (χ3n) is 5.06. The van der Waals surface area contributed by atoms with Crippen molar-refractivity contribution in [2.75, 3.05) is 6.61 Å². The normalized spacial score (nSPS) is 33.9. The van der Waals surface area contributed by atoms with E-state index in [0.717, 1.165) is 6.08 Å². The van der Waals surface area contributed by atoms with Crippen LogP contribution in [0.4, 0.5) is 0 Å². The van der Waals surface area contributed by atoms with Crippen LogP contribution in [0, 0.1) is 0 Å². The Bertz CT molecular complexity index is 807. The summed E-state index contributed by atoms with van der Waals surface area (Å²) in [5.74, 6) is -1.64. The van der Waals surface area contributed by atoms with Crippen molar-refractivity contribution in [3.63, 3.8) is 0 Å². The van der Waals surface area contributed by atoms with Crippen molar-refractivity contribution in [1.82, 2.24) is 0 Å². The van der Waals surface area contributed by atoms with Gasteiger partial charge in [-0.05, 0) is 18.6 Å². The second kappa shape index (κ2) is 9.21. The lowest BCUT2D eigenvalue weighted by Gasteiger charge is -2.39. The van der Waals surface area contributed by atoms with Gasteiger partial charge >= 0.3 is 5.97 Å². The molecule has 1 saturated heterocycles. The summed E-state index contributed by atoms with van der Waals surface area (Å²) in [6, 6.07) is 6.27.